The minimum atomic E-state index is -1.10. The van der Waals surface area contributed by atoms with Crippen LogP contribution >= 0.6 is 11.6 Å². The fourth-order valence-electron chi connectivity index (χ4n) is 1.65. The Labute approximate surface area is 119 Å². The van der Waals surface area contributed by atoms with E-state index in [2.05, 4.69) is 10.6 Å². The second-order valence-electron chi connectivity index (χ2n) is 4.03. The normalized spacial score (nSPS) is 17.7. The molecule has 1 aromatic carbocycles. The second kappa shape index (κ2) is 5.75. The van der Waals surface area contributed by atoms with Gasteiger partial charge in [-0.2, -0.15) is 0 Å². The van der Waals surface area contributed by atoms with Gasteiger partial charge in [-0.15, -0.1) is 0 Å². The molecular formula is C13H11ClN2O4. The van der Waals surface area contributed by atoms with Crippen molar-refractivity contribution in [3.63, 3.8) is 0 Å². The highest BCUT2D eigenvalue weighted by Gasteiger charge is 2.35. The molecule has 1 aliphatic heterocycles. The van der Waals surface area contributed by atoms with E-state index in [1.54, 1.807) is 30.3 Å². The fourth-order valence-corrected chi connectivity index (χ4v) is 1.84. The Bertz CT molecular complexity index is 598. The third-order valence-corrected chi connectivity index (χ3v) is 2.87. The highest BCUT2D eigenvalue weighted by Crippen LogP contribution is 2.22. The summed E-state index contributed by atoms with van der Waals surface area (Å²) >= 11 is 5.74. The molecule has 0 bridgehead atoms. The number of benzene rings is 1. The third kappa shape index (κ3) is 2.97. The van der Waals surface area contributed by atoms with E-state index in [1.807, 2.05) is 0 Å². The van der Waals surface area contributed by atoms with Crippen molar-refractivity contribution >= 4 is 29.4 Å². The number of nitrogens with one attached hydrogen (secondary N) is 2. The zero-order valence-electron chi connectivity index (χ0n) is 10.5. The Morgan fingerprint density at radius 1 is 1.25 bits per heavy atom. The molecule has 2 rings (SSSR count). The first-order valence-electron chi connectivity index (χ1n) is 5.73. The van der Waals surface area contributed by atoms with Gasteiger partial charge in [0.2, 0.25) is 12.1 Å². The Kier molecular flexibility index (Phi) is 4.05. The molecule has 104 valence electrons. The molecule has 2 N–H and O–H groups in total. The lowest BCUT2D eigenvalue weighted by molar-refractivity contribution is -0.140. The van der Waals surface area contributed by atoms with Crippen molar-refractivity contribution in [3.05, 3.63) is 46.6 Å². The Hall–Kier alpha value is -2.34. The van der Waals surface area contributed by atoms with E-state index in [-0.39, 0.29) is 10.7 Å². The molecule has 0 saturated heterocycles. The Morgan fingerprint density at radius 2 is 1.90 bits per heavy atom. The van der Waals surface area contributed by atoms with E-state index < -0.39 is 24.0 Å². The van der Waals surface area contributed by atoms with Crippen molar-refractivity contribution in [1.29, 1.82) is 0 Å². The molecule has 1 aromatic rings. The molecule has 0 aliphatic carbocycles. The van der Waals surface area contributed by atoms with Crippen molar-refractivity contribution in [3.8, 4) is 0 Å². The smallest absolute Gasteiger partial charge is 0.354 e. The van der Waals surface area contributed by atoms with Gasteiger partial charge in [-0.05, 0) is 12.1 Å². The number of hydrogen-bond donors (Lipinski definition) is 2. The van der Waals surface area contributed by atoms with Crippen LogP contribution in [0.15, 0.2) is 41.1 Å². The van der Waals surface area contributed by atoms with Crippen LogP contribution in [0.25, 0.3) is 0 Å². The summed E-state index contributed by atoms with van der Waals surface area (Å²) in [5.41, 5.74) is 0.433. The molecular weight excluding hydrogens is 284 g/mol. The number of halogens is 1. The van der Waals surface area contributed by atoms with Gasteiger partial charge in [0, 0.05) is 12.5 Å². The maximum absolute atomic E-state index is 12.0. The molecule has 1 heterocycles. The molecule has 0 saturated carbocycles. The maximum atomic E-state index is 12.0. The van der Waals surface area contributed by atoms with Gasteiger partial charge in [-0.1, -0.05) is 29.8 Å². The van der Waals surface area contributed by atoms with Crippen LogP contribution in [0.1, 0.15) is 17.3 Å². The zero-order valence-corrected chi connectivity index (χ0v) is 11.2. The molecule has 1 atom stereocenters. The Balaban J connectivity index is 2.15. The molecule has 0 fully saturated rings. The van der Waals surface area contributed by atoms with Gasteiger partial charge in [-0.25, -0.2) is 4.79 Å². The Morgan fingerprint density at radius 3 is 2.50 bits per heavy atom. The minimum Gasteiger partial charge on any atom is -0.431 e. The number of esters is 1. The van der Waals surface area contributed by atoms with Crippen LogP contribution in [-0.4, -0.2) is 24.0 Å². The summed E-state index contributed by atoms with van der Waals surface area (Å²) in [6.07, 6.45) is -1.10. The van der Waals surface area contributed by atoms with Gasteiger partial charge in [-0.3, -0.25) is 9.59 Å². The van der Waals surface area contributed by atoms with E-state index in [0.29, 0.717) is 5.56 Å². The van der Waals surface area contributed by atoms with Crippen LogP contribution in [0, 0.1) is 0 Å². The van der Waals surface area contributed by atoms with E-state index in [1.165, 1.54) is 6.92 Å². The lowest BCUT2D eigenvalue weighted by Crippen LogP contribution is -2.41. The predicted octanol–water partition coefficient (Wildman–Crippen LogP) is 0.886. The van der Waals surface area contributed by atoms with E-state index in [4.69, 9.17) is 16.3 Å². The van der Waals surface area contributed by atoms with Crippen molar-refractivity contribution in [1.82, 2.24) is 10.6 Å². The monoisotopic (exact) mass is 294 g/mol. The summed E-state index contributed by atoms with van der Waals surface area (Å²) in [5.74, 6) is -1.66. The van der Waals surface area contributed by atoms with Gasteiger partial charge in [0.15, 0.2) is 5.03 Å². The van der Waals surface area contributed by atoms with Crippen molar-refractivity contribution in [2.45, 2.75) is 13.2 Å². The number of cyclic esters (lactones) is 1. The lowest BCUT2D eigenvalue weighted by Gasteiger charge is -2.15. The quantitative estimate of drug-likeness (QED) is 0.811. The first kappa shape index (κ1) is 14.1. The van der Waals surface area contributed by atoms with Gasteiger partial charge in [0.25, 0.3) is 5.91 Å². The highest BCUT2D eigenvalue weighted by atomic mass is 35.5. The molecule has 20 heavy (non-hydrogen) atoms. The summed E-state index contributed by atoms with van der Waals surface area (Å²) in [7, 11) is 0. The average molecular weight is 295 g/mol. The molecule has 6 nitrogen and oxygen atoms in total. The van der Waals surface area contributed by atoms with Crippen molar-refractivity contribution in [2.24, 2.45) is 0 Å². The molecule has 7 heteroatoms. The average Bonchev–Trinajstić information content (AvgIpc) is 2.67. The number of carbonyl (C=O) groups excluding carboxylic acids is 3. The van der Waals surface area contributed by atoms with Gasteiger partial charge < -0.3 is 15.4 Å². The maximum Gasteiger partial charge on any atom is 0.354 e. The van der Waals surface area contributed by atoms with E-state index >= 15 is 0 Å². The summed E-state index contributed by atoms with van der Waals surface area (Å²) in [4.78, 5) is 34.4. The van der Waals surface area contributed by atoms with Crippen LogP contribution in [0.4, 0.5) is 0 Å². The van der Waals surface area contributed by atoms with Crippen LogP contribution in [-0.2, 0) is 14.3 Å². The fraction of sp³-hybridized carbons (Fsp3) is 0.154. The molecule has 2 amide bonds. The lowest BCUT2D eigenvalue weighted by atomic mass is 10.2. The number of amides is 2. The zero-order chi connectivity index (χ0) is 14.7. The van der Waals surface area contributed by atoms with Crippen LogP contribution < -0.4 is 10.6 Å². The first-order valence-corrected chi connectivity index (χ1v) is 6.11. The van der Waals surface area contributed by atoms with Crippen molar-refractivity contribution < 1.29 is 19.1 Å². The minimum absolute atomic E-state index is 0.0356. The number of ether oxygens (including phenoxy) is 1. The first-order chi connectivity index (χ1) is 9.49. The van der Waals surface area contributed by atoms with Crippen LogP contribution in [0.5, 0.6) is 0 Å². The van der Waals surface area contributed by atoms with Crippen LogP contribution in [0.2, 0.25) is 0 Å². The van der Waals surface area contributed by atoms with Crippen molar-refractivity contribution in [2.75, 3.05) is 0 Å². The predicted molar refractivity (Wildman–Crippen MR) is 70.5 cm³/mol. The summed E-state index contributed by atoms with van der Waals surface area (Å²) in [5, 5.41) is 4.60. The molecule has 0 spiro atoms. The molecule has 1 aliphatic rings. The SMILES string of the molecule is CC(=O)NC1=C(Cl)C(=O)OC1NC(=O)c1ccccc1. The van der Waals surface area contributed by atoms with Gasteiger partial charge >= 0.3 is 5.97 Å². The topological polar surface area (TPSA) is 84.5 Å². The molecule has 1 unspecified atom stereocenters. The number of hydrogen-bond acceptors (Lipinski definition) is 4. The summed E-state index contributed by atoms with van der Waals surface area (Å²) in [6.45, 7) is 1.26. The van der Waals surface area contributed by atoms with Gasteiger partial charge in [0.05, 0.1) is 0 Å². The summed E-state index contributed by atoms with van der Waals surface area (Å²) < 4.78 is 4.89. The van der Waals surface area contributed by atoms with Gasteiger partial charge in [0.1, 0.15) is 5.70 Å². The standard InChI is InChI=1S/C13H11ClN2O4/c1-7(17)15-10-9(14)13(19)20-12(10)16-11(18)8-5-3-2-4-6-8/h2-6,12H,1H3,(H,15,17)(H,16,18). The third-order valence-electron chi connectivity index (χ3n) is 2.51. The van der Waals surface area contributed by atoms with Crippen LogP contribution in [0.3, 0.4) is 0 Å². The largest absolute Gasteiger partial charge is 0.431 e. The van der Waals surface area contributed by atoms with E-state index in [9.17, 15) is 14.4 Å². The summed E-state index contributed by atoms with van der Waals surface area (Å²) in [6, 6.07) is 8.39. The highest BCUT2D eigenvalue weighted by molar-refractivity contribution is 6.42. The molecule has 0 aromatic heterocycles. The van der Waals surface area contributed by atoms with E-state index in [0.717, 1.165) is 0 Å². The molecule has 0 radical (unpaired) electrons. The number of carbonyl (C=O) groups is 3. The second-order valence-corrected chi connectivity index (χ2v) is 4.41. The number of rotatable bonds is 3.